The number of hydrogen-bond acceptors (Lipinski definition) is 4. The summed E-state index contributed by atoms with van der Waals surface area (Å²) in [5, 5.41) is 9.15. The van der Waals surface area contributed by atoms with E-state index in [0.29, 0.717) is 0 Å². The van der Waals surface area contributed by atoms with Crippen LogP contribution in [0.5, 0.6) is 0 Å². The first-order valence-electron chi connectivity index (χ1n) is 7.47. The first-order valence-corrected chi connectivity index (χ1v) is 8.91. The average molecular weight is 339 g/mol. The van der Waals surface area contributed by atoms with Gasteiger partial charge in [-0.2, -0.15) is 8.42 Å². The zero-order chi connectivity index (χ0) is 16.4. The van der Waals surface area contributed by atoms with E-state index >= 15 is 0 Å². The number of benzene rings is 1. The van der Waals surface area contributed by atoms with Gasteiger partial charge in [0.15, 0.2) is 5.03 Å². The molecule has 0 unspecified atom stereocenters. The van der Waals surface area contributed by atoms with Gasteiger partial charge in [-0.25, -0.2) is 9.37 Å². The number of aliphatic hydroxyl groups is 1. The molecule has 1 aromatic carbocycles. The molecule has 8 heteroatoms. The van der Waals surface area contributed by atoms with Crippen LogP contribution in [0.3, 0.4) is 0 Å². The Bertz CT molecular complexity index is 781. The maximum atomic E-state index is 13.4. The molecule has 0 spiro atoms. The molecule has 124 valence electrons. The van der Waals surface area contributed by atoms with Crippen molar-refractivity contribution in [3.63, 3.8) is 0 Å². The number of aliphatic hydroxyl groups excluding tert-OH is 1. The van der Waals surface area contributed by atoms with Crippen molar-refractivity contribution in [3.05, 3.63) is 42.1 Å². The Morgan fingerprint density at radius 3 is 2.87 bits per heavy atom. The molecule has 23 heavy (non-hydrogen) atoms. The lowest BCUT2D eigenvalue weighted by Gasteiger charge is -2.22. The van der Waals surface area contributed by atoms with Crippen LogP contribution in [0.1, 0.15) is 18.7 Å². The van der Waals surface area contributed by atoms with Gasteiger partial charge >= 0.3 is 0 Å². The quantitative estimate of drug-likeness (QED) is 0.897. The number of rotatable bonds is 5. The number of fused-ring (bicyclic) bond motifs is 1. The second-order valence-corrected chi connectivity index (χ2v) is 7.24. The zero-order valence-electron chi connectivity index (χ0n) is 12.5. The monoisotopic (exact) mass is 339 g/mol. The molecular formula is C15H18FN3O3S. The highest BCUT2D eigenvalue weighted by molar-refractivity contribution is 7.92. The zero-order valence-corrected chi connectivity index (χ0v) is 13.3. The number of nitrogens with zero attached hydrogens (tertiary/aromatic N) is 3. The minimum absolute atomic E-state index is 0.0629. The van der Waals surface area contributed by atoms with Crippen LogP contribution in [-0.2, 0) is 23.0 Å². The predicted molar refractivity (Wildman–Crippen MR) is 83.2 cm³/mol. The Balaban J connectivity index is 2.02. The molecule has 2 aromatic rings. The molecule has 0 radical (unpaired) electrons. The molecule has 3 rings (SSSR count). The van der Waals surface area contributed by atoms with Crippen molar-refractivity contribution < 1.29 is 17.9 Å². The van der Waals surface area contributed by atoms with Crippen molar-refractivity contribution in [1.82, 2.24) is 9.55 Å². The normalized spacial score (nSPS) is 14.5. The van der Waals surface area contributed by atoms with Gasteiger partial charge in [0, 0.05) is 19.2 Å². The fourth-order valence-corrected chi connectivity index (χ4v) is 4.15. The van der Waals surface area contributed by atoms with Gasteiger partial charge in [0.2, 0.25) is 0 Å². The number of hydrogen-bond donors (Lipinski definition) is 1. The molecule has 0 atom stereocenters. The summed E-state index contributed by atoms with van der Waals surface area (Å²) in [7, 11) is -3.95. The summed E-state index contributed by atoms with van der Waals surface area (Å²) in [4.78, 5) is 4.23. The fraction of sp³-hybridized carbons (Fsp3) is 0.400. The van der Waals surface area contributed by atoms with E-state index in [1.807, 2.05) is 4.57 Å². The molecule has 1 aliphatic rings. The first-order chi connectivity index (χ1) is 11.0. The number of imidazole rings is 1. The van der Waals surface area contributed by atoms with Crippen LogP contribution < -0.4 is 4.31 Å². The Kier molecular flexibility index (Phi) is 4.36. The molecule has 0 aliphatic carbocycles. The predicted octanol–water partition coefficient (Wildman–Crippen LogP) is 1.55. The topological polar surface area (TPSA) is 75.4 Å². The summed E-state index contributed by atoms with van der Waals surface area (Å²) in [5.41, 5.74) is 0.171. The van der Waals surface area contributed by atoms with Crippen molar-refractivity contribution in [2.24, 2.45) is 0 Å². The molecule has 0 saturated heterocycles. The highest BCUT2D eigenvalue weighted by Gasteiger charge is 2.29. The van der Waals surface area contributed by atoms with Crippen LogP contribution in [0.25, 0.3) is 0 Å². The highest BCUT2D eigenvalue weighted by Crippen LogP contribution is 2.25. The Hall–Kier alpha value is -1.93. The highest BCUT2D eigenvalue weighted by atomic mass is 32.2. The summed E-state index contributed by atoms with van der Waals surface area (Å²) < 4.78 is 42.0. The molecular weight excluding hydrogens is 321 g/mol. The van der Waals surface area contributed by atoms with Gasteiger partial charge < -0.3 is 9.67 Å². The van der Waals surface area contributed by atoms with E-state index in [-0.39, 0.29) is 23.9 Å². The number of sulfonamides is 1. The van der Waals surface area contributed by atoms with Crippen molar-refractivity contribution in [3.8, 4) is 0 Å². The van der Waals surface area contributed by atoms with Crippen molar-refractivity contribution in [2.75, 3.05) is 17.5 Å². The van der Waals surface area contributed by atoms with Gasteiger partial charge in [0.1, 0.15) is 11.6 Å². The molecule has 2 heterocycles. The maximum absolute atomic E-state index is 13.4. The Morgan fingerprint density at radius 2 is 2.17 bits per heavy atom. The summed E-state index contributed by atoms with van der Waals surface area (Å²) >= 11 is 0. The van der Waals surface area contributed by atoms with Gasteiger partial charge in [-0.15, -0.1) is 0 Å². The molecule has 1 aromatic heterocycles. The average Bonchev–Trinajstić information content (AvgIpc) is 2.97. The van der Waals surface area contributed by atoms with Crippen molar-refractivity contribution >= 4 is 15.7 Å². The standard InChI is InChI=1S/C15H18FN3O3S/c16-12-4-3-5-13(10-12)19(8-9-20)23(21,22)15-11-18-7-2-1-6-14(18)17-15/h3-5,10-11,20H,1-2,6-9H2. The van der Waals surface area contributed by atoms with Crippen LogP contribution in [-0.4, -0.2) is 36.2 Å². The van der Waals surface area contributed by atoms with Gasteiger partial charge in [-0.1, -0.05) is 6.07 Å². The lowest BCUT2D eigenvalue weighted by molar-refractivity contribution is 0.306. The van der Waals surface area contributed by atoms with Crippen LogP contribution >= 0.6 is 0 Å². The summed E-state index contributed by atoms with van der Waals surface area (Å²) in [6.45, 7) is 0.217. The lowest BCUT2D eigenvalue weighted by atomic mass is 10.2. The SMILES string of the molecule is O=S(=O)(c1cn2c(n1)CCCC2)N(CCO)c1cccc(F)c1. The van der Waals surface area contributed by atoms with E-state index in [4.69, 9.17) is 0 Å². The van der Waals surface area contributed by atoms with Crippen molar-refractivity contribution in [1.29, 1.82) is 0 Å². The van der Waals surface area contributed by atoms with Gasteiger partial charge in [-0.3, -0.25) is 4.31 Å². The van der Waals surface area contributed by atoms with E-state index in [1.165, 1.54) is 24.4 Å². The van der Waals surface area contributed by atoms with E-state index in [1.54, 1.807) is 0 Å². The molecule has 0 fully saturated rings. The van der Waals surface area contributed by atoms with Crippen LogP contribution in [0.2, 0.25) is 0 Å². The summed E-state index contributed by atoms with van der Waals surface area (Å²) in [6.07, 6.45) is 4.25. The maximum Gasteiger partial charge on any atom is 0.283 e. The summed E-state index contributed by atoms with van der Waals surface area (Å²) in [6, 6.07) is 5.29. The minimum Gasteiger partial charge on any atom is -0.394 e. The van der Waals surface area contributed by atoms with Gasteiger partial charge in [-0.05, 0) is 31.0 Å². The minimum atomic E-state index is -3.95. The molecule has 1 N–H and O–H groups in total. The second-order valence-electron chi connectivity index (χ2n) is 5.43. The lowest BCUT2D eigenvalue weighted by Crippen LogP contribution is -2.34. The smallest absolute Gasteiger partial charge is 0.283 e. The van der Waals surface area contributed by atoms with E-state index in [2.05, 4.69) is 4.98 Å². The largest absolute Gasteiger partial charge is 0.394 e. The second kappa shape index (κ2) is 6.29. The number of aryl methyl sites for hydroxylation is 2. The molecule has 6 nitrogen and oxygen atoms in total. The molecule has 0 saturated carbocycles. The Morgan fingerprint density at radius 1 is 1.35 bits per heavy atom. The third-order valence-electron chi connectivity index (χ3n) is 3.84. The number of anilines is 1. The number of aromatic nitrogens is 2. The van der Waals surface area contributed by atoms with Crippen LogP contribution in [0.15, 0.2) is 35.5 Å². The van der Waals surface area contributed by atoms with Crippen molar-refractivity contribution in [2.45, 2.75) is 30.8 Å². The molecule has 0 bridgehead atoms. The van der Waals surface area contributed by atoms with E-state index < -0.39 is 15.8 Å². The summed E-state index contributed by atoms with van der Waals surface area (Å²) in [5.74, 6) is 0.211. The fourth-order valence-electron chi connectivity index (χ4n) is 2.73. The van der Waals surface area contributed by atoms with Gasteiger partial charge in [0.05, 0.1) is 18.8 Å². The van der Waals surface area contributed by atoms with E-state index in [9.17, 15) is 17.9 Å². The first kappa shape index (κ1) is 15.9. The Labute approximate surface area is 134 Å². The van der Waals surface area contributed by atoms with E-state index in [0.717, 1.165) is 42.0 Å². The molecule has 1 aliphatic heterocycles. The third kappa shape index (κ3) is 3.09. The molecule has 0 amide bonds. The van der Waals surface area contributed by atoms with Crippen LogP contribution in [0.4, 0.5) is 10.1 Å². The van der Waals surface area contributed by atoms with Crippen LogP contribution in [0, 0.1) is 5.82 Å². The van der Waals surface area contributed by atoms with Gasteiger partial charge in [0.25, 0.3) is 10.0 Å². The third-order valence-corrected chi connectivity index (χ3v) is 5.54. The number of halogens is 1.